The van der Waals surface area contributed by atoms with Crippen LogP contribution in [0.15, 0.2) is 23.7 Å². The number of hydrogen-bond acceptors (Lipinski definition) is 3. The van der Waals surface area contributed by atoms with Gasteiger partial charge in [-0.3, -0.25) is 4.68 Å². The Morgan fingerprint density at radius 2 is 2.10 bits per heavy atom. The summed E-state index contributed by atoms with van der Waals surface area (Å²) in [6.07, 6.45) is 9.12. The molecule has 1 N–H and O–H groups in total. The van der Waals surface area contributed by atoms with Gasteiger partial charge < -0.3 is 5.11 Å². The molecule has 0 bridgehead atoms. The summed E-state index contributed by atoms with van der Waals surface area (Å²) in [5.41, 5.74) is 1.32. The topological polar surface area (TPSA) is 38.0 Å². The standard InChI is InChI=1S/C17H24N2OS/c1-13-9-11-21-16(13)17(2,20)12-14-8-10-19(18-14)15-6-4-3-5-7-15/h8-11,15,20H,3-7,12H2,1-2H3. The van der Waals surface area contributed by atoms with Gasteiger partial charge in [-0.05, 0) is 49.8 Å². The lowest BCUT2D eigenvalue weighted by molar-refractivity contribution is 0.0596. The van der Waals surface area contributed by atoms with E-state index in [2.05, 4.69) is 29.9 Å². The Bertz CT molecular complexity index is 593. The van der Waals surface area contributed by atoms with Gasteiger partial charge in [-0.2, -0.15) is 5.10 Å². The van der Waals surface area contributed by atoms with Crippen LogP contribution in [0.1, 0.15) is 61.2 Å². The summed E-state index contributed by atoms with van der Waals surface area (Å²) < 4.78 is 2.12. The van der Waals surface area contributed by atoms with E-state index in [4.69, 9.17) is 5.10 Å². The molecule has 2 heterocycles. The lowest BCUT2D eigenvalue weighted by Gasteiger charge is -2.23. The Morgan fingerprint density at radius 3 is 2.76 bits per heavy atom. The molecule has 3 nitrogen and oxygen atoms in total. The fourth-order valence-electron chi connectivity index (χ4n) is 3.38. The zero-order valence-electron chi connectivity index (χ0n) is 12.9. The van der Waals surface area contributed by atoms with Gasteiger partial charge in [0.2, 0.25) is 0 Å². The Labute approximate surface area is 130 Å². The van der Waals surface area contributed by atoms with E-state index in [1.807, 2.05) is 12.3 Å². The molecular formula is C17H24N2OS. The summed E-state index contributed by atoms with van der Waals surface area (Å²) in [5, 5.41) is 17.6. The minimum atomic E-state index is -0.829. The van der Waals surface area contributed by atoms with Crippen LogP contribution in [0.2, 0.25) is 0 Å². The lowest BCUT2D eigenvalue weighted by atomic mass is 9.96. The summed E-state index contributed by atoms with van der Waals surface area (Å²) >= 11 is 1.63. The molecular weight excluding hydrogens is 280 g/mol. The molecule has 114 valence electrons. The molecule has 1 fully saturated rings. The molecule has 0 saturated heterocycles. The molecule has 1 unspecified atom stereocenters. The van der Waals surface area contributed by atoms with Crippen molar-refractivity contribution in [1.82, 2.24) is 9.78 Å². The summed E-state index contributed by atoms with van der Waals surface area (Å²) in [4.78, 5) is 1.05. The van der Waals surface area contributed by atoms with Gasteiger partial charge in [0.1, 0.15) is 5.60 Å². The third-order valence-electron chi connectivity index (χ3n) is 4.49. The van der Waals surface area contributed by atoms with E-state index in [0.29, 0.717) is 12.5 Å². The average Bonchev–Trinajstić information content (AvgIpc) is 3.08. The maximum absolute atomic E-state index is 10.8. The molecule has 1 atom stereocenters. The smallest absolute Gasteiger partial charge is 0.102 e. The fraction of sp³-hybridized carbons (Fsp3) is 0.588. The molecule has 4 heteroatoms. The van der Waals surface area contributed by atoms with Crippen LogP contribution in [-0.4, -0.2) is 14.9 Å². The van der Waals surface area contributed by atoms with Crippen molar-refractivity contribution in [2.75, 3.05) is 0 Å². The molecule has 0 amide bonds. The minimum absolute atomic E-state index is 0.556. The number of nitrogens with zero attached hydrogens (tertiary/aromatic N) is 2. The van der Waals surface area contributed by atoms with E-state index in [1.165, 1.54) is 32.1 Å². The molecule has 0 aromatic carbocycles. The predicted octanol–water partition coefficient (Wildman–Crippen LogP) is 4.21. The molecule has 0 aliphatic heterocycles. The van der Waals surface area contributed by atoms with Crippen molar-refractivity contribution in [2.24, 2.45) is 0 Å². The molecule has 1 aliphatic rings. The monoisotopic (exact) mass is 304 g/mol. The van der Waals surface area contributed by atoms with E-state index in [-0.39, 0.29) is 0 Å². The van der Waals surface area contributed by atoms with Gasteiger partial charge in [0.15, 0.2) is 0 Å². The molecule has 0 spiro atoms. The van der Waals surface area contributed by atoms with Crippen LogP contribution in [0, 0.1) is 6.92 Å². The Hall–Kier alpha value is -1.13. The second kappa shape index (κ2) is 5.93. The normalized spacial score (nSPS) is 19.6. The van der Waals surface area contributed by atoms with Crippen molar-refractivity contribution in [3.05, 3.63) is 39.8 Å². The van der Waals surface area contributed by atoms with Gasteiger partial charge in [-0.1, -0.05) is 19.3 Å². The molecule has 1 aliphatic carbocycles. The number of aromatic nitrogens is 2. The van der Waals surface area contributed by atoms with Crippen molar-refractivity contribution >= 4 is 11.3 Å². The third-order valence-corrected chi connectivity index (χ3v) is 5.76. The Morgan fingerprint density at radius 1 is 1.33 bits per heavy atom. The van der Waals surface area contributed by atoms with E-state index in [0.717, 1.165) is 16.1 Å². The lowest BCUT2D eigenvalue weighted by Crippen LogP contribution is -2.24. The number of thiophene rings is 1. The second-order valence-electron chi connectivity index (χ2n) is 6.46. The molecule has 1 saturated carbocycles. The first-order chi connectivity index (χ1) is 10.1. The minimum Gasteiger partial charge on any atom is -0.384 e. The summed E-state index contributed by atoms with van der Waals surface area (Å²) in [6, 6.07) is 4.68. The van der Waals surface area contributed by atoms with E-state index >= 15 is 0 Å². The first-order valence-electron chi connectivity index (χ1n) is 7.87. The van der Waals surface area contributed by atoms with E-state index < -0.39 is 5.60 Å². The van der Waals surface area contributed by atoms with Gasteiger partial charge in [0.25, 0.3) is 0 Å². The van der Waals surface area contributed by atoms with E-state index in [1.54, 1.807) is 11.3 Å². The molecule has 0 radical (unpaired) electrons. The van der Waals surface area contributed by atoms with Crippen LogP contribution in [-0.2, 0) is 12.0 Å². The van der Waals surface area contributed by atoms with Gasteiger partial charge in [0.05, 0.1) is 11.7 Å². The number of rotatable bonds is 4. The number of aliphatic hydroxyl groups is 1. The first-order valence-corrected chi connectivity index (χ1v) is 8.75. The molecule has 2 aromatic rings. The maximum Gasteiger partial charge on any atom is 0.102 e. The zero-order chi connectivity index (χ0) is 14.9. The van der Waals surface area contributed by atoms with Gasteiger partial charge in [-0.15, -0.1) is 11.3 Å². The van der Waals surface area contributed by atoms with Crippen molar-refractivity contribution in [2.45, 2.75) is 64.0 Å². The van der Waals surface area contributed by atoms with Gasteiger partial charge in [0, 0.05) is 17.5 Å². The Kier molecular flexibility index (Phi) is 4.18. The van der Waals surface area contributed by atoms with Crippen LogP contribution in [0.4, 0.5) is 0 Å². The number of hydrogen-bond donors (Lipinski definition) is 1. The van der Waals surface area contributed by atoms with E-state index in [9.17, 15) is 5.11 Å². The Balaban J connectivity index is 1.73. The third kappa shape index (κ3) is 3.22. The fourth-order valence-corrected chi connectivity index (χ4v) is 4.37. The summed E-state index contributed by atoms with van der Waals surface area (Å²) in [7, 11) is 0. The predicted molar refractivity (Wildman–Crippen MR) is 86.7 cm³/mol. The highest BCUT2D eigenvalue weighted by molar-refractivity contribution is 7.10. The highest BCUT2D eigenvalue weighted by Gasteiger charge is 2.28. The van der Waals surface area contributed by atoms with Crippen molar-refractivity contribution < 1.29 is 5.11 Å². The van der Waals surface area contributed by atoms with Gasteiger partial charge in [-0.25, -0.2) is 0 Å². The van der Waals surface area contributed by atoms with Crippen LogP contribution in [0.5, 0.6) is 0 Å². The zero-order valence-corrected chi connectivity index (χ0v) is 13.7. The highest BCUT2D eigenvalue weighted by atomic mass is 32.1. The van der Waals surface area contributed by atoms with Crippen LogP contribution < -0.4 is 0 Å². The van der Waals surface area contributed by atoms with Crippen molar-refractivity contribution in [1.29, 1.82) is 0 Å². The first kappa shape index (κ1) is 14.8. The van der Waals surface area contributed by atoms with Crippen molar-refractivity contribution in [3.8, 4) is 0 Å². The van der Waals surface area contributed by atoms with Crippen molar-refractivity contribution in [3.63, 3.8) is 0 Å². The molecule has 21 heavy (non-hydrogen) atoms. The second-order valence-corrected chi connectivity index (χ2v) is 7.38. The van der Waals surface area contributed by atoms with Crippen LogP contribution in [0.25, 0.3) is 0 Å². The van der Waals surface area contributed by atoms with Crippen LogP contribution in [0.3, 0.4) is 0 Å². The quantitative estimate of drug-likeness (QED) is 0.919. The highest BCUT2D eigenvalue weighted by Crippen LogP contribution is 2.32. The molecule has 2 aromatic heterocycles. The largest absolute Gasteiger partial charge is 0.384 e. The number of aryl methyl sites for hydroxylation is 1. The van der Waals surface area contributed by atoms with Gasteiger partial charge >= 0.3 is 0 Å². The summed E-state index contributed by atoms with van der Waals surface area (Å²) in [5.74, 6) is 0. The maximum atomic E-state index is 10.8. The summed E-state index contributed by atoms with van der Waals surface area (Å²) in [6.45, 7) is 3.95. The van der Waals surface area contributed by atoms with Crippen LogP contribution >= 0.6 is 11.3 Å². The molecule has 3 rings (SSSR count). The SMILES string of the molecule is Cc1ccsc1C(C)(O)Cc1ccn(C2CCCCC2)n1. The average molecular weight is 304 g/mol.